The quantitative estimate of drug-likeness (QED) is 0.316. The third kappa shape index (κ3) is 8.20. The number of aryl methyl sites for hydroxylation is 1. The molecule has 0 radical (unpaired) electrons. The summed E-state index contributed by atoms with van der Waals surface area (Å²) in [6, 6.07) is 14.0. The number of aliphatic carboxylic acids is 2. The molecule has 0 aliphatic rings. The van der Waals surface area contributed by atoms with Crippen molar-refractivity contribution in [2.75, 3.05) is 6.67 Å². The fourth-order valence-corrected chi connectivity index (χ4v) is 3.18. The van der Waals surface area contributed by atoms with E-state index in [9.17, 15) is 18.4 Å². The number of hydrogen-bond donors (Lipinski definition) is 2. The fraction of sp³-hybridized carbons (Fsp3) is 0.192. The summed E-state index contributed by atoms with van der Waals surface area (Å²) < 4.78 is 33.7. The molecule has 1 aromatic carbocycles. The molecule has 3 heterocycles. The Kier molecular flexibility index (Phi) is 9.77. The molecule has 0 aliphatic heterocycles. The summed E-state index contributed by atoms with van der Waals surface area (Å²) in [6.45, 7) is -0.262. The number of alkyl halides is 1. The molecular formula is C26H24F2N4O5. The van der Waals surface area contributed by atoms with Crippen molar-refractivity contribution in [3.63, 3.8) is 0 Å². The number of carboxylic acids is 2. The first-order valence-electron chi connectivity index (χ1n) is 11.2. The minimum absolute atomic E-state index is 0.0411. The van der Waals surface area contributed by atoms with Gasteiger partial charge in [-0.15, -0.1) is 0 Å². The largest absolute Gasteiger partial charge is 0.487 e. The van der Waals surface area contributed by atoms with Crippen molar-refractivity contribution < 1.29 is 33.3 Å². The number of benzene rings is 1. The Bertz CT molecular complexity index is 1300. The first-order valence-corrected chi connectivity index (χ1v) is 11.2. The predicted molar refractivity (Wildman–Crippen MR) is 130 cm³/mol. The smallest absolute Gasteiger partial charge is 0.303 e. The van der Waals surface area contributed by atoms with Crippen LogP contribution in [0.25, 0.3) is 22.4 Å². The van der Waals surface area contributed by atoms with Crippen LogP contribution in [0.3, 0.4) is 0 Å². The molecule has 37 heavy (non-hydrogen) atoms. The average Bonchev–Trinajstić information content (AvgIpc) is 3.32. The molecule has 0 atom stereocenters. The fourth-order valence-electron chi connectivity index (χ4n) is 3.18. The highest BCUT2D eigenvalue weighted by atomic mass is 19.1. The van der Waals surface area contributed by atoms with Crippen LogP contribution >= 0.6 is 0 Å². The number of aromatic nitrogens is 4. The highest BCUT2D eigenvalue weighted by molar-refractivity contribution is 5.80. The van der Waals surface area contributed by atoms with Gasteiger partial charge in [-0.25, -0.2) is 8.78 Å². The second-order valence-corrected chi connectivity index (χ2v) is 7.61. The highest BCUT2D eigenvalue weighted by Gasteiger charge is 2.14. The molecule has 4 rings (SSSR count). The Labute approximate surface area is 211 Å². The molecule has 11 heteroatoms. The maximum absolute atomic E-state index is 13.7. The lowest BCUT2D eigenvalue weighted by Gasteiger charge is -2.08. The molecule has 0 fully saturated rings. The van der Waals surface area contributed by atoms with Crippen molar-refractivity contribution in [2.45, 2.75) is 26.0 Å². The van der Waals surface area contributed by atoms with Gasteiger partial charge in [0.25, 0.3) is 0 Å². The second kappa shape index (κ2) is 13.4. The van der Waals surface area contributed by atoms with E-state index >= 15 is 0 Å². The molecule has 0 spiro atoms. The maximum atomic E-state index is 13.7. The van der Waals surface area contributed by atoms with Gasteiger partial charge in [0.15, 0.2) is 0 Å². The maximum Gasteiger partial charge on any atom is 0.303 e. The van der Waals surface area contributed by atoms with E-state index in [0.717, 1.165) is 22.4 Å². The molecule has 3 aromatic heterocycles. The van der Waals surface area contributed by atoms with Crippen LogP contribution in [-0.4, -0.2) is 48.6 Å². The molecule has 192 valence electrons. The summed E-state index contributed by atoms with van der Waals surface area (Å²) >= 11 is 0. The highest BCUT2D eigenvalue weighted by Crippen LogP contribution is 2.31. The topological polar surface area (TPSA) is 127 Å². The van der Waals surface area contributed by atoms with Gasteiger partial charge in [0.2, 0.25) is 0 Å². The number of rotatable bonds is 10. The molecule has 4 aromatic rings. The molecule has 0 bridgehead atoms. The Morgan fingerprint density at radius 1 is 0.919 bits per heavy atom. The van der Waals surface area contributed by atoms with Crippen LogP contribution in [0.2, 0.25) is 0 Å². The van der Waals surface area contributed by atoms with Crippen LogP contribution < -0.4 is 4.74 Å². The van der Waals surface area contributed by atoms with E-state index in [1.807, 2.05) is 30.5 Å². The standard InChI is InChI=1S/C22H18F2N4O.C4H6O4/c23-9-13-28-14-19(16-7-11-25-12-8-16)22(27-28)17-3-5-18(6-4-17)29-15-21-20(24)2-1-10-26-21;5-3(6)1-2-4(7)8/h1-8,10-12,14H,9,13,15H2;1-2H2,(H,5,6)(H,7,8). The zero-order valence-electron chi connectivity index (χ0n) is 19.6. The third-order valence-corrected chi connectivity index (χ3v) is 4.96. The molecule has 0 aliphatic carbocycles. The van der Waals surface area contributed by atoms with Crippen molar-refractivity contribution in [2.24, 2.45) is 0 Å². The zero-order chi connectivity index (χ0) is 26.6. The molecule has 0 unspecified atom stereocenters. The van der Waals surface area contributed by atoms with Gasteiger partial charge in [-0.2, -0.15) is 5.10 Å². The molecule has 2 N–H and O–H groups in total. The number of pyridine rings is 2. The van der Waals surface area contributed by atoms with Gasteiger partial charge < -0.3 is 14.9 Å². The van der Waals surface area contributed by atoms with E-state index in [-0.39, 0.29) is 31.7 Å². The van der Waals surface area contributed by atoms with E-state index in [1.165, 1.54) is 18.3 Å². The Balaban J connectivity index is 0.000000414. The first kappa shape index (κ1) is 26.9. The van der Waals surface area contributed by atoms with Gasteiger partial charge in [0, 0.05) is 35.9 Å². The Morgan fingerprint density at radius 3 is 2.19 bits per heavy atom. The van der Waals surface area contributed by atoms with Crippen LogP contribution in [0.1, 0.15) is 18.5 Å². The Morgan fingerprint density at radius 2 is 1.59 bits per heavy atom. The van der Waals surface area contributed by atoms with E-state index in [2.05, 4.69) is 15.1 Å². The van der Waals surface area contributed by atoms with Crippen molar-refractivity contribution in [1.29, 1.82) is 0 Å². The number of halogens is 2. The van der Waals surface area contributed by atoms with E-state index < -0.39 is 24.4 Å². The minimum atomic E-state index is -1.08. The second-order valence-electron chi connectivity index (χ2n) is 7.61. The van der Waals surface area contributed by atoms with Gasteiger partial charge in [-0.3, -0.25) is 24.2 Å². The lowest BCUT2D eigenvalue weighted by atomic mass is 10.0. The molecular weight excluding hydrogens is 486 g/mol. The van der Waals surface area contributed by atoms with Gasteiger partial charge >= 0.3 is 11.9 Å². The van der Waals surface area contributed by atoms with Crippen LogP contribution in [-0.2, 0) is 22.7 Å². The van der Waals surface area contributed by atoms with Gasteiger partial charge in [0.1, 0.15) is 36.2 Å². The van der Waals surface area contributed by atoms with E-state index in [1.54, 1.807) is 29.2 Å². The molecule has 9 nitrogen and oxygen atoms in total. The van der Waals surface area contributed by atoms with E-state index in [0.29, 0.717) is 5.75 Å². The van der Waals surface area contributed by atoms with Crippen LogP contribution in [0.4, 0.5) is 8.78 Å². The summed E-state index contributed by atoms with van der Waals surface area (Å²) in [5, 5.41) is 20.3. The number of hydrogen-bond acceptors (Lipinski definition) is 6. The summed E-state index contributed by atoms with van der Waals surface area (Å²) in [7, 11) is 0. The van der Waals surface area contributed by atoms with E-state index in [4.69, 9.17) is 14.9 Å². The summed E-state index contributed by atoms with van der Waals surface area (Å²) in [5.74, 6) is -1.96. The number of ether oxygens (including phenoxy) is 1. The summed E-state index contributed by atoms with van der Waals surface area (Å²) in [5.41, 5.74) is 3.70. The summed E-state index contributed by atoms with van der Waals surface area (Å²) in [6.07, 6.45) is 6.18. The molecule has 0 amide bonds. The Hall–Kier alpha value is -4.67. The van der Waals surface area contributed by atoms with Crippen LogP contribution in [0.15, 0.2) is 73.3 Å². The van der Waals surface area contributed by atoms with Gasteiger partial charge in [-0.1, -0.05) is 0 Å². The number of nitrogens with zero attached hydrogens (tertiary/aromatic N) is 4. The number of carboxylic acid groups (broad SMARTS) is 2. The lowest BCUT2D eigenvalue weighted by molar-refractivity contribution is -0.143. The monoisotopic (exact) mass is 510 g/mol. The molecule has 0 saturated heterocycles. The normalized spacial score (nSPS) is 10.3. The number of carbonyl (C=O) groups is 2. The predicted octanol–water partition coefficient (Wildman–Crippen LogP) is 4.63. The van der Waals surface area contributed by atoms with Gasteiger partial charge in [-0.05, 0) is 54.1 Å². The van der Waals surface area contributed by atoms with Crippen molar-refractivity contribution >= 4 is 11.9 Å². The lowest BCUT2D eigenvalue weighted by Crippen LogP contribution is -2.01. The van der Waals surface area contributed by atoms with Crippen molar-refractivity contribution in [3.8, 4) is 28.1 Å². The van der Waals surface area contributed by atoms with Gasteiger partial charge in [0.05, 0.1) is 19.4 Å². The van der Waals surface area contributed by atoms with Crippen molar-refractivity contribution in [3.05, 3.63) is 84.8 Å². The van der Waals surface area contributed by atoms with Crippen LogP contribution in [0.5, 0.6) is 5.75 Å². The minimum Gasteiger partial charge on any atom is -0.487 e. The average molecular weight is 510 g/mol. The van der Waals surface area contributed by atoms with Crippen LogP contribution in [0, 0.1) is 5.82 Å². The first-order chi connectivity index (χ1) is 17.9. The SMILES string of the molecule is FCCn1cc(-c2ccncc2)c(-c2ccc(OCc3ncccc3F)cc2)n1.O=C(O)CCC(=O)O. The van der Waals surface area contributed by atoms with Crippen molar-refractivity contribution in [1.82, 2.24) is 19.7 Å². The summed E-state index contributed by atoms with van der Waals surface area (Å²) in [4.78, 5) is 27.3. The third-order valence-electron chi connectivity index (χ3n) is 4.96. The zero-order valence-corrected chi connectivity index (χ0v) is 19.6. The molecule has 0 saturated carbocycles.